The summed E-state index contributed by atoms with van der Waals surface area (Å²) in [5.41, 5.74) is 0. The summed E-state index contributed by atoms with van der Waals surface area (Å²) in [6, 6.07) is 0. The molecular formula is C10F7Li. The van der Waals surface area contributed by atoms with E-state index in [0.29, 0.717) is 0 Å². The molecule has 0 bridgehead atoms. The van der Waals surface area contributed by atoms with Gasteiger partial charge in [0.15, 0.2) is 0 Å². The molecule has 0 atom stereocenters. The van der Waals surface area contributed by atoms with Gasteiger partial charge in [0, 0.05) is 0 Å². The van der Waals surface area contributed by atoms with Crippen LogP contribution >= 0.6 is 0 Å². The average molecular weight is 260 g/mol. The first-order valence-corrected chi connectivity index (χ1v) is 4.57. The molecule has 0 amide bonds. The number of benzene rings is 2. The molecule has 90 valence electrons. The van der Waals surface area contributed by atoms with Crippen molar-refractivity contribution in [1.82, 2.24) is 0 Å². The fraction of sp³-hybridized carbons (Fsp3) is 0. The van der Waals surface area contributed by atoms with Crippen molar-refractivity contribution in [3.63, 3.8) is 0 Å². The van der Waals surface area contributed by atoms with E-state index in [4.69, 9.17) is 0 Å². The number of rotatable bonds is 0. The van der Waals surface area contributed by atoms with Gasteiger partial charge in [-0.25, -0.2) is 0 Å². The Labute approximate surface area is 105 Å². The van der Waals surface area contributed by atoms with E-state index in [-0.39, 0.29) is 0 Å². The summed E-state index contributed by atoms with van der Waals surface area (Å²) in [6.07, 6.45) is 0. The van der Waals surface area contributed by atoms with Gasteiger partial charge in [-0.1, -0.05) is 0 Å². The first kappa shape index (κ1) is 13.2. The van der Waals surface area contributed by atoms with Crippen LogP contribution in [0, 0.1) is 40.7 Å². The van der Waals surface area contributed by atoms with Crippen LogP contribution in [-0.2, 0) is 0 Å². The van der Waals surface area contributed by atoms with Crippen LogP contribution in [0.1, 0.15) is 0 Å². The molecule has 8 heteroatoms. The van der Waals surface area contributed by atoms with Crippen LogP contribution in [0.15, 0.2) is 0 Å². The van der Waals surface area contributed by atoms with Crippen molar-refractivity contribution in [3.05, 3.63) is 40.7 Å². The SMILES string of the molecule is [Li][c]1c(F)c(F)c2c(F)c(F)c(F)c(F)c2c1F. The van der Waals surface area contributed by atoms with Crippen LogP contribution in [0.5, 0.6) is 0 Å². The predicted molar refractivity (Wildman–Crippen MR) is 49.0 cm³/mol. The number of fused-ring (bicyclic) bond motifs is 1. The fourth-order valence-electron chi connectivity index (χ4n) is 1.60. The van der Waals surface area contributed by atoms with Crippen LogP contribution in [-0.4, -0.2) is 17.7 Å². The topological polar surface area (TPSA) is 0 Å². The van der Waals surface area contributed by atoms with Crippen molar-refractivity contribution in [2.24, 2.45) is 0 Å². The molecule has 0 N–H and O–H groups in total. The van der Waals surface area contributed by atoms with E-state index in [0.717, 1.165) is 17.7 Å². The van der Waals surface area contributed by atoms with Crippen molar-refractivity contribution in [1.29, 1.82) is 0 Å². The van der Waals surface area contributed by atoms with Crippen LogP contribution in [0.25, 0.3) is 10.8 Å². The Balaban J connectivity index is 3.22. The van der Waals surface area contributed by atoms with E-state index in [1.54, 1.807) is 0 Å². The molecule has 0 fully saturated rings. The molecule has 0 aromatic heterocycles. The maximum absolute atomic E-state index is 13.5. The fourth-order valence-corrected chi connectivity index (χ4v) is 1.60. The molecule has 2 aromatic carbocycles. The summed E-state index contributed by atoms with van der Waals surface area (Å²) < 4.78 is 91.3. The molecular weight excluding hydrogens is 260 g/mol. The molecule has 0 aliphatic heterocycles. The van der Waals surface area contributed by atoms with Gasteiger partial charge >= 0.3 is 104 Å². The molecule has 0 aliphatic carbocycles. The Hall–Kier alpha value is -1.19. The Bertz CT molecular complexity index is 567. The van der Waals surface area contributed by atoms with Crippen molar-refractivity contribution >= 4 is 32.7 Å². The Morgan fingerprint density at radius 3 is 1.22 bits per heavy atom. The second-order valence-corrected chi connectivity index (χ2v) is 3.57. The molecule has 2 aromatic rings. The molecule has 0 spiro atoms. The Morgan fingerprint density at radius 2 is 0.778 bits per heavy atom. The zero-order chi connectivity index (χ0) is 13.8. The normalized spacial score (nSPS) is 11.4. The molecule has 0 heterocycles. The summed E-state index contributed by atoms with van der Waals surface area (Å²) in [7, 11) is 0. The van der Waals surface area contributed by atoms with E-state index < -0.39 is 55.7 Å². The van der Waals surface area contributed by atoms with E-state index in [1.807, 2.05) is 0 Å². The molecule has 0 nitrogen and oxygen atoms in total. The Kier molecular flexibility index (Phi) is 3.07. The van der Waals surface area contributed by atoms with Gasteiger partial charge in [-0.3, -0.25) is 0 Å². The van der Waals surface area contributed by atoms with E-state index >= 15 is 0 Å². The maximum atomic E-state index is 13.5. The molecule has 2 rings (SSSR count). The van der Waals surface area contributed by atoms with Crippen LogP contribution in [0.2, 0.25) is 0 Å². The van der Waals surface area contributed by atoms with Crippen molar-refractivity contribution < 1.29 is 30.7 Å². The second kappa shape index (κ2) is 4.18. The summed E-state index contributed by atoms with van der Waals surface area (Å²) in [5.74, 6) is -14.4. The van der Waals surface area contributed by atoms with Gasteiger partial charge < -0.3 is 0 Å². The van der Waals surface area contributed by atoms with Gasteiger partial charge in [-0.05, 0) is 0 Å². The third-order valence-electron chi connectivity index (χ3n) is 2.56. The first-order chi connectivity index (χ1) is 8.29. The van der Waals surface area contributed by atoms with Gasteiger partial charge in [0.2, 0.25) is 0 Å². The summed E-state index contributed by atoms with van der Waals surface area (Å²) in [6.45, 7) is 0. The van der Waals surface area contributed by atoms with Crippen molar-refractivity contribution in [2.45, 2.75) is 0 Å². The number of hydrogen-bond donors (Lipinski definition) is 0. The quantitative estimate of drug-likeness (QED) is 0.295. The second-order valence-electron chi connectivity index (χ2n) is 3.57. The van der Waals surface area contributed by atoms with Crippen molar-refractivity contribution in [3.8, 4) is 0 Å². The molecule has 18 heavy (non-hydrogen) atoms. The first-order valence-electron chi connectivity index (χ1n) is 4.57. The van der Waals surface area contributed by atoms with E-state index in [9.17, 15) is 30.7 Å². The monoisotopic (exact) mass is 260 g/mol. The van der Waals surface area contributed by atoms with Gasteiger partial charge in [0.25, 0.3) is 0 Å². The van der Waals surface area contributed by atoms with Gasteiger partial charge in [-0.2, -0.15) is 0 Å². The summed E-state index contributed by atoms with van der Waals surface area (Å²) in [5, 5.41) is -3.05. The summed E-state index contributed by atoms with van der Waals surface area (Å²) >= 11 is 0.756. The van der Waals surface area contributed by atoms with Gasteiger partial charge in [0.1, 0.15) is 0 Å². The zero-order valence-electron chi connectivity index (χ0n) is 8.65. The van der Waals surface area contributed by atoms with Crippen LogP contribution < -0.4 is 4.24 Å². The Morgan fingerprint density at radius 1 is 0.444 bits per heavy atom. The average Bonchev–Trinajstić information content (AvgIpc) is 2.35. The van der Waals surface area contributed by atoms with Crippen molar-refractivity contribution in [2.75, 3.05) is 0 Å². The number of halogens is 7. The number of hydrogen-bond acceptors (Lipinski definition) is 0. The third kappa shape index (κ3) is 1.54. The van der Waals surface area contributed by atoms with E-state index in [1.165, 1.54) is 0 Å². The predicted octanol–water partition coefficient (Wildman–Crippen LogP) is 2.61. The minimum absolute atomic E-state index is 0.756. The molecule has 0 aliphatic rings. The third-order valence-corrected chi connectivity index (χ3v) is 2.56. The van der Waals surface area contributed by atoms with Crippen LogP contribution in [0.4, 0.5) is 30.7 Å². The van der Waals surface area contributed by atoms with Gasteiger partial charge in [-0.15, -0.1) is 0 Å². The standard InChI is InChI=1S/C10F7.Li/c11-2-1-3(12)6(13)5-4(2)7(14)9(16)10(17)8(5)15;. The van der Waals surface area contributed by atoms with Crippen LogP contribution in [0.3, 0.4) is 0 Å². The molecule has 0 saturated heterocycles. The summed E-state index contributed by atoms with van der Waals surface area (Å²) in [4.78, 5) is 0. The molecule has 0 saturated carbocycles. The molecule has 0 unspecified atom stereocenters. The molecule has 0 radical (unpaired) electrons. The minimum atomic E-state index is -2.33. The van der Waals surface area contributed by atoms with E-state index in [2.05, 4.69) is 0 Å². The zero-order valence-corrected chi connectivity index (χ0v) is 8.65. The van der Waals surface area contributed by atoms with Gasteiger partial charge in [0.05, 0.1) is 0 Å².